The summed E-state index contributed by atoms with van der Waals surface area (Å²) in [6.45, 7) is 2.17. The Morgan fingerprint density at radius 2 is 1.97 bits per heavy atom. The Balaban J connectivity index is 1.65. The maximum absolute atomic E-state index is 13.2. The maximum atomic E-state index is 13.2. The lowest BCUT2D eigenvalue weighted by Gasteiger charge is -2.10. The van der Waals surface area contributed by atoms with Crippen LogP contribution in [-0.4, -0.2) is 26.1 Å². The molecule has 0 N–H and O–H groups in total. The Morgan fingerprint density at radius 3 is 2.61 bits per heavy atom. The van der Waals surface area contributed by atoms with Crippen LogP contribution in [0.2, 0.25) is 0 Å². The zero-order valence-corrected chi connectivity index (χ0v) is 19.0. The first-order valence-corrected chi connectivity index (χ1v) is 11.7. The number of imidazole rings is 1. The molecule has 10 heteroatoms. The summed E-state index contributed by atoms with van der Waals surface area (Å²) in [5, 5.41) is 12.1. The Labute approximate surface area is 195 Å². The second-order valence-electron chi connectivity index (χ2n) is 7.31. The molecule has 2 aromatic heterocycles. The van der Waals surface area contributed by atoms with Crippen molar-refractivity contribution in [1.29, 1.82) is 5.26 Å². The van der Waals surface area contributed by atoms with Gasteiger partial charge in [-0.25, -0.2) is 9.97 Å². The minimum absolute atomic E-state index is 0.0545. The molecule has 1 atom stereocenters. The second-order valence-corrected chi connectivity index (χ2v) is 9.14. The van der Waals surface area contributed by atoms with Gasteiger partial charge in [0.25, 0.3) is 0 Å². The summed E-state index contributed by atoms with van der Waals surface area (Å²) in [4.78, 5) is 21.4. The summed E-state index contributed by atoms with van der Waals surface area (Å²) < 4.78 is 41.4. The highest BCUT2D eigenvalue weighted by molar-refractivity contribution is 7.99. The molecule has 2 aromatic carbocycles. The molecule has 168 valence electrons. The molecule has 4 rings (SSSR count). The number of carbonyl (C=O) groups is 1. The Bertz CT molecular complexity index is 1340. The molecule has 33 heavy (non-hydrogen) atoms. The van der Waals surface area contributed by atoms with Crippen molar-refractivity contribution in [1.82, 2.24) is 14.5 Å². The first kappa shape index (κ1) is 23.0. The number of nitrogens with zero attached hydrogens (tertiary/aromatic N) is 4. The van der Waals surface area contributed by atoms with E-state index in [1.54, 1.807) is 16.9 Å². The van der Waals surface area contributed by atoms with E-state index >= 15 is 0 Å². The van der Waals surface area contributed by atoms with Crippen LogP contribution in [0.5, 0.6) is 0 Å². The smallest absolute Gasteiger partial charge is 0.314 e. The quantitative estimate of drug-likeness (QED) is 0.307. The number of rotatable bonds is 7. The van der Waals surface area contributed by atoms with Gasteiger partial charge >= 0.3 is 6.18 Å². The predicted molar refractivity (Wildman–Crippen MR) is 121 cm³/mol. The molecular formula is C23H17F3N4OS2. The number of hydrogen-bond donors (Lipinski definition) is 0. The van der Waals surface area contributed by atoms with Gasteiger partial charge in [0.05, 0.1) is 35.0 Å². The summed E-state index contributed by atoms with van der Waals surface area (Å²) in [6, 6.07) is 14.9. The average molecular weight is 487 g/mol. The number of alkyl halides is 3. The molecule has 0 saturated heterocycles. The number of halogens is 3. The Kier molecular flexibility index (Phi) is 6.54. The fraction of sp³-hybridized carbons (Fsp3) is 0.217. The molecule has 0 aliphatic carbocycles. The zero-order valence-electron chi connectivity index (χ0n) is 17.3. The van der Waals surface area contributed by atoms with Crippen LogP contribution in [0.1, 0.15) is 27.7 Å². The number of ketones is 1. The molecule has 0 fully saturated rings. The summed E-state index contributed by atoms with van der Waals surface area (Å²) in [6.07, 6.45) is -4.48. The van der Waals surface area contributed by atoms with E-state index < -0.39 is 17.7 Å². The lowest BCUT2D eigenvalue weighted by molar-refractivity contribution is -0.137. The fourth-order valence-corrected chi connectivity index (χ4v) is 5.08. The number of aromatic nitrogens is 3. The van der Waals surface area contributed by atoms with Crippen LogP contribution in [0, 0.1) is 18.3 Å². The predicted octanol–water partition coefficient (Wildman–Crippen LogP) is 5.84. The van der Waals surface area contributed by atoms with E-state index in [9.17, 15) is 23.2 Å². The molecule has 0 spiro atoms. The van der Waals surface area contributed by atoms with Gasteiger partial charge in [-0.2, -0.15) is 18.4 Å². The van der Waals surface area contributed by atoms with Gasteiger partial charge in [0.1, 0.15) is 5.01 Å². The Morgan fingerprint density at radius 1 is 1.21 bits per heavy atom. The van der Waals surface area contributed by atoms with Crippen LogP contribution >= 0.6 is 23.1 Å². The summed E-state index contributed by atoms with van der Waals surface area (Å²) in [5.74, 6) is -1.37. The largest absolute Gasteiger partial charge is 0.416 e. The summed E-state index contributed by atoms with van der Waals surface area (Å²) in [7, 11) is 0. The highest BCUT2D eigenvalue weighted by Crippen LogP contribution is 2.33. The fourth-order valence-electron chi connectivity index (χ4n) is 3.30. The monoisotopic (exact) mass is 486 g/mol. The van der Waals surface area contributed by atoms with Crippen molar-refractivity contribution in [3.05, 3.63) is 75.7 Å². The average Bonchev–Trinajstić information content (AvgIpc) is 3.36. The number of Topliss-reactive ketones (excluding diaryl/α,β-unsaturated/α-hetero) is 1. The number of fused-ring (bicyclic) bond motifs is 1. The van der Waals surface area contributed by atoms with Gasteiger partial charge < -0.3 is 4.57 Å². The molecule has 2 heterocycles. The number of thioether (sulfide) groups is 1. The summed E-state index contributed by atoms with van der Waals surface area (Å²) in [5.41, 5.74) is 1.63. The van der Waals surface area contributed by atoms with Crippen LogP contribution in [0.4, 0.5) is 13.2 Å². The molecule has 0 radical (unpaired) electrons. The third-order valence-corrected chi connectivity index (χ3v) is 6.93. The van der Waals surface area contributed by atoms with Crippen molar-refractivity contribution in [2.75, 3.05) is 5.75 Å². The van der Waals surface area contributed by atoms with Crippen LogP contribution in [-0.2, 0) is 17.5 Å². The molecule has 0 amide bonds. The van der Waals surface area contributed by atoms with E-state index in [0.717, 1.165) is 35.2 Å². The van der Waals surface area contributed by atoms with E-state index in [1.165, 1.54) is 17.4 Å². The number of thiazole rings is 1. The van der Waals surface area contributed by atoms with Crippen LogP contribution in [0.3, 0.4) is 0 Å². The number of nitriles is 1. The van der Waals surface area contributed by atoms with E-state index in [0.29, 0.717) is 22.2 Å². The zero-order chi connectivity index (χ0) is 23.6. The number of hydrogen-bond acceptors (Lipinski definition) is 6. The third-order valence-electron chi connectivity index (χ3n) is 4.90. The van der Waals surface area contributed by atoms with E-state index in [-0.39, 0.29) is 17.1 Å². The molecule has 1 unspecified atom stereocenters. The molecule has 5 nitrogen and oxygen atoms in total. The van der Waals surface area contributed by atoms with E-state index in [1.807, 2.05) is 36.4 Å². The van der Waals surface area contributed by atoms with Gasteiger partial charge in [-0.1, -0.05) is 42.1 Å². The molecule has 0 aliphatic heterocycles. The van der Waals surface area contributed by atoms with Gasteiger partial charge in [0.15, 0.2) is 16.9 Å². The van der Waals surface area contributed by atoms with Crippen LogP contribution in [0.15, 0.2) is 59.1 Å². The number of aryl methyl sites for hydroxylation is 1. The van der Waals surface area contributed by atoms with Crippen molar-refractivity contribution < 1.29 is 18.0 Å². The lowest BCUT2D eigenvalue weighted by atomic mass is 10.1. The molecular weight excluding hydrogens is 469 g/mol. The topological polar surface area (TPSA) is 71.6 Å². The second kappa shape index (κ2) is 9.37. The lowest BCUT2D eigenvalue weighted by Crippen LogP contribution is -2.14. The van der Waals surface area contributed by atoms with E-state index in [2.05, 4.69) is 9.97 Å². The van der Waals surface area contributed by atoms with Gasteiger partial charge in [-0.15, -0.1) is 11.3 Å². The SMILES string of the molecule is Cc1csc(C(C#N)C(=O)CSc2nc3cc(C(F)(F)F)ccc3n2Cc2ccccc2)n1. The van der Waals surface area contributed by atoms with Crippen LogP contribution in [0.25, 0.3) is 11.0 Å². The minimum atomic E-state index is -4.48. The third kappa shape index (κ3) is 5.10. The number of benzene rings is 2. The maximum Gasteiger partial charge on any atom is 0.416 e. The van der Waals surface area contributed by atoms with Gasteiger partial charge in [-0.3, -0.25) is 4.79 Å². The van der Waals surface area contributed by atoms with Gasteiger partial charge in [0, 0.05) is 11.1 Å². The minimum Gasteiger partial charge on any atom is -0.314 e. The van der Waals surface area contributed by atoms with Crippen LogP contribution < -0.4 is 0 Å². The highest BCUT2D eigenvalue weighted by atomic mass is 32.2. The highest BCUT2D eigenvalue weighted by Gasteiger charge is 2.31. The number of carbonyl (C=O) groups excluding carboxylic acids is 1. The molecule has 0 saturated carbocycles. The normalized spacial score (nSPS) is 12.6. The van der Waals surface area contributed by atoms with Gasteiger partial charge in [-0.05, 0) is 30.7 Å². The van der Waals surface area contributed by atoms with Gasteiger partial charge in [0.2, 0.25) is 0 Å². The Hall–Kier alpha value is -3.16. The molecule has 0 bridgehead atoms. The van der Waals surface area contributed by atoms with Crippen molar-refractivity contribution in [3.8, 4) is 6.07 Å². The van der Waals surface area contributed by atoms with Crippen molar-refractivity contribution in [3.63, 3.8) is 0 Å². The van der Waals surface area contributed by atoms with E-state index in [4.69, 9.17) is 0 Å². The van der Waals surface area contributed by atoms with Crippen molar-refractivity contribution in [2.45, 2.75) is 30.7 Å². The van der Waals surface area contributed by atoms with Crippen molar-refractivity contribution in [2.24, 2.45) is 0 Å². The first-order valence-electron chi connectivity index (χ1n) is 9.85. The molecule has 0 aliphatic rings. The molecule has 4 aromatic rings. The first-order chi connectivity index (χ1) is 15.8. The summed E-state index contributed by atoms with van der Waals surface area (Å²) >= 11 is 2.36. The van der Waals surface area contributed by atoms with Crippen molar-refractivity contribution >= 4 is 39.9 Å². The standard InChI is InChI=1S/C23H17F3N4OS2/c1-14-12-32-21(28-14)17(10-27)20(31)13-33-22-29-18-9-16(23(24,25)26)7-8-19(18)30(22)11-15-5-3-2-4-6-15/h2-9,12,17H,11,13H2,1H3.